The maximum atomic E-state index is 15.0. The number of carbonyl (C=O) groups is 6. The summed E-state index contributed by atoms with van der Waals surface area (Å²) < 4.78 is 6.72. The van der Waals surface area contributed by atoms with Crippen LogP contribution >= 0.6 is 0 Å². The normalized spacial score (nSPS) is 21.5. The van der Waals surface area contributed by atoms with Crippen LogP contribution in [0.25, 0.3) is 55.6 Å². The number of piperidine rings is 3. The van der Waals surface area contributed by atoms with Crippen LogP contribution in [0.5, 0.6) is 0 Å². The van der Waals surface area contributed by atoms with E-state index in [2.05, 4.69) is 94.1 Å². The average molecular weight is 1490 g/mol. The highest BCUT2D eigenvalue weighted by Gasteiger charge is 2.38. The molecule has 2 aromatic carbocycles. The first-order chi connectivity index (χ1) is 53.9. The molecular weight excluding hydrogens is 1400 g/mol. The van der Waals surface area contributed by atoms with E-state index in [0.717, 1.165) is 142 Å². The third-order valence-electron chi connectivity index (χ3n) is 24.1. The molecule has 111 heavy (non-hydrogen) atoms. The Labute approximate surface area is 642 Å². The van der Waals surface area contributed by atoms with Gasteiger partial charge in [0.25, 0.3) is 11.8 Å². The summed E-state index contributed by atoms with van der Waals surface area (Å²) in [5, 5.41) is 49.7. The number of rotatable bonds is 20. The number of nitrogens with one attached hydrogen (secondary N) is 6. The van der Waals surface area contributed by atoms with Gasteiger partial charge in [0.15, 0.2) is 0 Å². The van der Waals surface area contributed by atoms with Gasteiger partial charge in [-0.3, -0.25) is 63.6 Å². The van der Waals surface area contributed by atoms with E-state index in [9.17, 15) is 39.3 Å². The van der Waals surface area contributed by atoms with Crippen LogP contribution in [0.1, 0.15) is 178 Å². The highest BCUT2D eigenvalue weighted by atomic mass is 16.2. The molecule has 0 bridgehead atoms. The monoisotopic (exact) mass is 1490 g/mol. The van der Waals surface area contributed by atoms with Gasteiger partial charge in [-0.25, -0.2) is 18.6 Å². The molecule has 6 aliphatic rings. The first-order valence-electron chi connectivity index (χ1n) is 39.3. The van der Waals surface area contributed by atoms with Crippen LogP contribution in [0.2, 0.25) is 0 Å². The molecule has 8 aromatic heterocycles. The Morgan fingerprint density at radius 3 is 1.81 bits per heavy atom. The zero-order chi connectivity index (χ0) is 76.7. The number of imidazole rings is 1. The minimum absolute atomic E-state index is 0.0119. The molecular formula is C84H92N20O7. The van der Waals surface area contributed by atoms with Crippen molar-refractivity contribution in [2.24, 2.45) is 24.8 Å². The van der Waals surface area contributed by atoms with Gasteiger partial charge < -0.3 is 31.1 Å². The van der Waals surface area contributed by atoms with Crippen LogP contribution in [-0.2, 0) is 21.4 Å². The van der Waals surface area contributed by atoms with Crippen LogP contribution < -0.4 is 42.5 Å². The number of likely N-dealkylation sites (tertiary alicyclic amines) is 2. The van der Waals surface area contributed by atoms with Crippen molar-refractivity contribution < 1.29 is 28.8 Å². The van der Waals surface area contributed by atoms with E-state index < -0.39 is 18.0 Å². The fourth-order valence-electron chi connectivity index (χ4n) is 18.5. The van der Waals surface area contributed by atoms with Crippen molar-refractivity contribution in [3.63, 3.8) is 0 Å². The van der Waals surface area contributed by atoms with Gasteiger partial charge in [-0.05, 0) is 226 Å². The van der Waals surface area contributed by atoms with E-state index in [-0.39, 0.29) is 90.5 Å². The van der Waals surface area contributed by atoms with Crippen LogP contribution in [0.3, 0.4) is 0 Å². The second-order valence-corrected chi connectivity index (χ2v) is 31.7. The maximum absolute atomic E-state index is 15.0. The number of para-hydroxylation sites is 1. The van der Waals surface area contributed by atoms with Gasteiger partial charge in [-0.2, -0.15) is 20.7 Å². The number of carbonyl (C=O) groups excluding carboxylic acids is 6. The molecule has 12 heterocycles. The van der Waals surface area contributed by atoms with Gasteiger partial charge in [0, 0.05) is 93.1 Å². The van der Waals surface area contributed by atoms with Gasteiger partial charge in [-0.15, -0.1) is 0 Å². The molecule has 16 rings (SSSR count). The molecule has 7 amide bonds. The quantitative estimate of drug-likeness (QED) is 0.0386. The number of urea groups is 1. The van der Waals surface area contributed by atoms with E-state index in [4.69, 9.17) is 9.97 Å². The Hall–Kier alpha value is -11.7. The Kier molecular flexibility index (Phi) is 20.8. The van der Waals surface area contributed by atoms with Crippen molar-refractivity contribution in [2.75, 3.05) is 61.3 Å². The Bertz CT molecular complexity index is 5450. The van der Waals surface area contributed by atoms with Crippen molar-refractivity contribution in [2.45, 2.75) is 159 Å². The molecule has 10 aromatic rings. The molecule has 5 atom stereocenters. The zero-order valence-corrected chi connectivity index (χ0v) is 63.0. The van der Waals surface area contributed by atoms with E-state index in [1.807, 2.05) is 74.6 Å². The van der Waals surface area contributed by atoms with Gasteiger partial charge in [-0.1, -0.05) is 30.3 Å². The summed E-state index contributed by atoms with van der Waals surface area (Å²) >= 11 is 0. The molecule has 2 saturated carbocycles. The lowest BCUT2D eigenvalue weighted by molar-refractivity contribution is -0.135. The molecule has 6 N–H and O–H groups in total. The van der Waals surface area contributed by atoms with E-state index in [1.54, 1.807) is 60.8 Å². The number of nitriles is 2. The number of aryl methyl sites for hydroxylation is 1. The number of aromatic nitrogens is 9. The summed E-state index contributed by atoms with van der Waals surface area (Å²) in [6, 6.07) is 30.0. The van der Waals surface area contributed by atoms with E-state index >= 15 is 4.79 Å². The first kappa shape index (κ1) is 73.5. The number of amides is 7. The number of pyridine rings is 3. The second-order valence-electron chi connectivity index (χ2n) is 31.7. The van der Waals surface area contributed by atoms with Crippen molar-refractivity contribution in [3.05, 3.63) is 166 Å². The van der Waals surface area contributed by atoms with Gasteiger partial charge in [0.1, 0.15) is 18.2 Å². The summed E-state index contributed by atoms with van der Waals surface area (Å²) in [7, 11) is 1.76. The molecule has 570 valence electrons. The first-order valence-corrected chi connectivity index (χ1v) is 39.3. The average Bonchev–Trinajstić information content (AvgIpc) is 1.58. The molecule has 4 aliphatic heterocycles. The predicted molar refractivity (Wildman–Crippen MR) is 421 cm³/mol. The number of nitrogens with zero attached hydrogens (tertiary/aromatic N) is 14. The number of hydrogen-bond acceptors (Lipinski definition) is 18. The predicted octanol–water partition coefficient (Wildman–Crippen LogP) is 10.7. The Balaban J connectivity index is 0.619. The number of fused-ring (bicyclic) bond motifs is 4. The van der Waals surface area contributed by atoms with Crippen molar-refractivity contribution in [1.82, 2.24) is 74.4 Å². The largest absolute Gasteiger partial charge is 0.382 e. The van der Waals surface area contributed by atoms with Crippen LogP contribution in [0.15, 0.2) is 127 Å². The molecule has 6 fully saturated rings. The maximum Gasteiger partial charge on any atom is 0.329 e. The van der Waals surface area contributed by atoms with Gasteiger partial charge in [0.05, 0.1) is 103 Å². The number of hydrogen-bond donors (Lipinski definition) is 6. The topological polar surface area (TPSA) is 332 Å². The number of imide groups is 2. The van der Waals surface area contributed by atoms with Crippen LogP contribution in [0.4, 0.5) is 21.9 Å². The smallest absolute Gasteiger partial charge is 0.329 e. The lowest BCUT2D eigenvalue weighted by Crippen LogP contribution is -2.49. The Morgan fingerprint density at radius 1 is 0.586 bits per heavy atom. The summed E-state index contributed by atoms with van der Waals surface area (Å²) in [5.74, 6) is -0.155. The SMILES string of the molecule is CC(C)Nc1cc(-c2ccc3cc(C#N)cnn23)ncc1C(=O)N[C@H]1CC[C@H](CN2CCC(c3cccc4c3n(C)c(=O)n4C3CCC(=O)NC3=O)CC2)C(CC(C)Nc2cc(-c3ccc4cc(C#N)cnn34)ncc2C(=O)N[C@H]2CC[C@H](CN3CCC(c4cccc5c(N6CCC(=O)NC6=O)cncc45)CC3)CC2)C1. The fraction of sp³-hybridized carbons (Fsp3) is 0.429. The van der Waals surface area contributed by atoms with Gasteiger partial charge in [0.2, 0.25) is 17.7 Å². The second kappa shape index (κ2) is 31.4. The Morgan fingerprint density at radius 2 is 1.18 bits per heavy atom. The van der Waals surface area contributed by atoms with Crippen LogP contribution in [-0.4, -0.2) is 159 Å². The third-order valence-corrected chi connectivity index (χ3v) is 24.1. The molecule has 0 spiro atoms. The molecule has 0 radical (unpaired) electrons. The van der Waals surface area contributed by atoms with E-state index in [0.29, 0.717) is 93.1 Å². The molecule has 3 unspecified atom stereocenters. The summed E-state index contributed by atoms with van der Waals surface area (Å²) in [6.45, 7) is 12.0. The number of anilines is 3. The zero-order valence-electron chi connectivity index (χ0n) is 63.0. The van der Waals surface area contributed by atoms with Crippen LogP contribution in [0, 0.1) is 40.4 Å². The van der Waals surface area contributed by atoms with E-state index in [1.165, 1.54) is 18.0 Å². The fourth-order valence-corrected chi connectivity index (χ4v) is 18.5. The lowest BCUT2D eigenvalue weighted by Gasteiger charge is -2.42. The minimum atomic E-state index is -0.776. The summed E-state index contributed by atoms with van der Waals surface area (Å²) in [5.41, 5.74) is 11.4. The number of benzene rings is 2. The van der Waals surface area contributed by atoms with Crippen molar-refractivity contribution >= 4 is 85.5 Å². The van der Waals surface area contributed by atoms with Crippen molar-refractivity contribution in [3.8, 4) is 34.9 Å². The lowest BCUT2D eigenvalue weighted by atomic mass is 9.73. The molecule has 4 saturated heterocycles. The van der Waals surface area contributed by atoms with Crippen molar-refractivity contribution in [1.29, 1.82) is 10.5 Å². The molecule has 2 aliphatic carbocycles. The third kappa shape index (κ3) is 15.2. The summed E-state index contributed by atoms with van der Waals surface area (Å²) in [4.78, 5) is 115. The molecule has 27 nitrogen and oxygen atoms in total. The highest BCUT2D eigenvalue weighted by Crippen LogP contribution is 2.42. The minimum Gasteiger partial charge on any atom is -0.382 e. The van der Waals surface area contributed by atoms with Gasteiger partial charge >= 0.3 is 11.7 Å². The highest BCUT2D eigenvalue weighted by molar-refractivity contribution is 6.10. The summed E-state index contributed by atoms with van der Waals surface area (Å²) in [6.07, 6.45) is 21.0. The molecule has 27 heteroatoms. The standard InChI is InChI=1S/C84H92N20O7/c1-49(2)92-68-37-70(72-19-17-60-34-52(39-85)41-90-103(60)72)88-44-66(68)81(108)95-59-16-13-56(48-100-30-25-55(26-31-100)63-8-6-10-74-79(63)98(4)84(111)102(74)75-21-22-77(105)96-82(75)109)57(36-59)33-50(3)93-69-38-71(73-20-18-61-35-53(40-86)42-91-104(61)73)89-45-67(69)80(107)94-58-14-11-51(12-15-58)47-99-28-23-54(24-29-99)62-7-5-9-64-65(62)43-87-46-76(64)101-32-27-78(106)97-83(101)110/h5-10,17-20,34-35,37-38,41-46,49-51,54-59,75H,11-16,21-33,36,47-48H2,1-4H3,(H,88,92)(H,89,93)(H,94,107)(H,95,108)(H,96,105,109)(H,97,106,110)/t50?,51-,56-,57?,58-,59+,75?/m1/s1.